The number of likely N-dealkylation sites (tertiary alicyclic amines) is 1. The lowest BCUT2D eigenvalue weighted by molar-refractivity contribution is -0.137. The summed E-state index contributed by atoms with van der Waals surface area (Å²) in [6.45, 7) is 1.48. The van der Waals surface area contributed by atoms with Gasteiger partial charge in [-0.05, 0) is 55.3 Å². The van der Waals surface area contributed by atoms with Crippen molar-refractivity contribution in [3.63, 3.8) is 0 Å². The molecule has 2 aromatic carbocycles. The molecule has 2 amide bonds. The third-order valence-electron chi connectivity index (χ3n) is 5.84. The van der Waals surface area contributed by atoms with Crippen LogP contribution in [0.1, 0.15) is 52.1 Å². The first-order valence-electron chi connectivity index (χ1n) is 11.3. The van der Waals surface area contributed by atoms with E-state index in [4.69, 9.17) is 4.74 Å². The molecule has 4 rings (SSSR count). The van der Waals surface area contributed by atoms with E-state index < -0.39 is 17.6 Å². The lowest BCUT2D eigenvalue weighted by atomic mass is 10.1. The topological polar surface area (TPSA) is 76.5 Å². The minimum absolute atomic E-state index is 0.0359. The van der Waals surface area contributed by atoms with Gasteiger partial charge in [0.25, 0.3) is 11.8 Å². The van der Waals surface area contributed by atoms with Gasteiger partial charge in [-0.1, -0.05) is 18.9 Å². The molecule has 0 aliphatic carbocycles. The van der Waals surface area contributed by atoms with E-state index in [2.05, 4.69) is 10.4 Å². The van der Waals surface area contributed by atoms with Gasteiger partial charge in [-0.15, -0.1) is 0 Å². The zero-order chi connectivity index (χ0) is 25.0. The quantitative estimate of drug-likeness (QED) is 0.540. The van der Waals surface area contributed by atoms with E-state index in [0.717, 1.165) is 55.6 Å². The van der Waals surface area contributed by atoms with Gasteiger partial charge >= 0.3 is 6.18 Å². The number of hydrogen-bond donors (Lipinski definition) is 1. The van der Waals surface area contributed by atoms with Crippen molar-refractivity contribution in [3.05, 3.63) is 71.5 Å². The molecular formula is C25H25F3N4O3. The molecular weight excluding hydrogens is 461 g/mol. The maximum atomic E-state index is 13.1. The number of carbonyl (C=O) groups is 2. The number of nitrogens with one attached hydrogen (secondary N) is 1. The number of carbonyl (C=O) groups excluding carboxylic acids is 2. The second-order valence-electron chi connectivity index (χ2n) is 8.28. The Labute approximate surface area is 200 Å². The Hall–Kier alpha value is -3.82. The molecule has 0 radical (unpaired) electrons. The summed E-state index contributed by atoms with van der Waals surface area (Å²) >= 11 is 0. The third-order valence-corrected chi connectivity index (χ3v) is 5.84. The normalized spacial score (nSPS) is 14.3. The number of alkyl halides is 3. The number of rotatable bonds is 5. The number of methoxy groups -OCH3 is 1. The van der Waals surface area contributed by atoms with E-state index in [0.29, 0.717) is 11.3 Å². The molecule has 0 unspecified atom stereocenters. The van der Waals surface area contributed by atoms with Crippen molar-refractivity contribution >= 4 is 17.5 Å². The Bertz CT molecular complexity index is 1200. The second-order valence-corrected chi connectivity index (χ2v) is 8.28. The Morgan fingerprint density at radius 2 is 1.69 bits per heavy atom. The number of benzene rings is 2. The van der Waals surface area contributed by atoms with Crippen LogP contribution in [-0.2, 0) is 6.18 Å². The zero-order valence-corrected chi connectivity index (χ0v) is 19.1. The fraction of sp³-hybridized carbons (Fsp3) is 0.320. The van der Waals surface area contributed by atoms with Gasteiger partial charge < -0.3 is 15.0 Å². The van der Waals surface area contributed by atoms with Gasteiger partial charge in [-0.3, -0.25) is 9.59 Å². The molecule has 0 bridgehead atoms. The maximum Gasteiger partial charge on any atom is 0.416 e. The molecule has 1 aromatic heterocycles. The van der Waals surface area contributed by atoms with Crippen LogP contribution in [0.25, 0.3) is 5.69 Å². The highest BCUT2D eigenvalue weighted by molar-refractivity contribution is 6.05. The molecule has 0 atom stereocenters. The van der Waals surface area contributed by atoms with Gasteiger partial charge in [0.1, 0.15) is 0 Å². The van der Waals surface area contributed by atoms with Crippen molar-refractivity contribution in [3.8, 4) is 11.4 Å². The molecule has 1 N–H and O–H groups in total. The predicted octanol–water partition coefficient (Wildman–Crippen LogP) is 5.17. The van der Waals surface area contributed by atoms with Gasteiger partial charge in [-0.2, -0.15) is 18.3 Å². The summed E-state index contributed by atoms with van der Waals surface area (Å²) in [5.41, 5.74) is 0.197. The lowest BCUT2D eigenvalue weighted by Crippen LogP contribution is -2.31. The van der Waals surface area contributed by atoms with Crippen LogP contribution in [0.3, 0.4) is 0 Å². The average molecular weight is 486 g/mol. The molecule has 1 aliphatic heterocycles. The van der Waals surface area contributed by atoms with Crippen molar-refractivity contribution in [2.75, 3.05) is 25.5 Å². The largest absolute Gasteiger partial charge is 0.493 e. The molecule has 7 nitrogen and oxygen atoms in total. The Morgan fingerprint density at radius 3 is 2.31 bits per heavy atom. The van der Waals surface area contributed by atoms with Crippen LogP contribution in [-0.4, -0.2) is 46.7 Å². The van der Waals surface area contributed by atoms with Crippen molar-refractivity contribution in [2.24, 2.45) is 0 Å². The third kappa shape index (κ3) is 5.64. The van der Waals surface area contributed by atoms with E-state index in [1.165, 1.54) is 25.4 Å². The van der Waals surface area contributed by atoms with Crippen molar-refractivity contribution in [1.29, 1.82) is 0 Å². The smallest absolute Gasteiger partial charge is 0.416 e. The number of anilines is 1. The summed E-state index contributed by atoms with van der Waals surface area (Å²) in [4.78, 5) is 27.5. The van der Waals surface area contributed by atoms with E-state index in [-0.39, 0.29) is 23.0 Å². The highest BCUT2D eigenvalue weighted by atomic mass is 19.4. The van der Waals surface area contributed by atoms with Gasteiger partial charge in [0.15, 0.2) is 11.4 Å². The number of halogens is 3. The molecule has 35 heavy (non-hydrogen) atoms. The van der Waals surface area contributed by atoms with Crippen LogP contribution in [0.2, 0.25) is 0 Å². The molecule has 184 valence electrons. The Morgan fingerprint density at radius 1 is 1.00 bits per heavy atom. The molecule has 1 fully saturated rings. The SMILES string of the molecule is COc1cn(-c2cccc(C(F)(F)F)c2)nc1C(=O)Nc1ccc(C(=O)N2CCCCCC2)cc1. The first-order valence-corrected chi connectivity index (χ1v) is 11.3. The molecule has 2 heterocycles. The van der Waals surface area contributed by atoms with Crippen molar-refractivity contribution in [1.82, 2.24) is 14.7 Å². The molecule has 1 aliphatic rings. The predicted molar refractivity (Wildman–Crippen MR) is 124 cm³/mol. The van der Waals surface area contributed by atoms with Crippen LogP contribution in [0.15, 0.2) is 54.7 Å². The molecule has 0 saturated carbocycles. The highest BCUT2D eigenvalue weighted by Gasteiger charge is 2.31. The molecule has 3 aromatic rings. The number of ether oxygens (including phenoxy) is 1. The lowest BCUT2D eigenvalue weighted by Gasteiger charge is -2.20. The number of amides is 2. The standard InChI is InChI=1S/C25H25F3N4O3/c1-35-21-16-32(20-8-6-7-18(15-20)25(26,27)28)30-22(21)23(33)29-19-11-9-17(10-12-19)24(34)31-13-4-2-3-5-14-31/h6-12,15-16H,2-5,13-14H2,1H3,(H,29,33). The summed E-state index contributed by atoms with van der Waals surface area (Å²) in [5.74, 6) is -0.529. The minimum Gasteiger partial charge on any atom is -0.493 e. The van der Waals surface area contributed by atoms with Crippen LogP contribution < -0.4 is 10.1 Å². The van der Waals surface area contributed by atoms with Gasteiger partial charge in [0, 0.05) is 24.3 Å². The van der Waals surface area contributed by atoms with Crippen molar-refractivity contribution in [2.45, 2.75) is 31.9 Å². The van der Waals surface area contributed by atoms with Gasteiger partial charge in [-0.25, -0.2) is 4.68 Å². The maximum absolute atomic E-state index is 13.1. The number of nitrogens with zero attached hydrogens (tertiary/aromatic N) is 3. The van der Waals surface area contributed by atoms with Crippen LogP contribution in [0.5, 0.6) is 5.75 Å². The molecule has 10 heteroatoms. The monoisotopic (exact) mass is 486 g/mol. The summed E-state index contributed by atoms with van der Waals surface area (Å²) < 4.78 is 45.6. The summed E-state index contributed by atoms with van der Waals surface area (Å²) in [6.07, 6.45) is 1.08. The summed E-state index contributed by atoms with van der Waals surface area (Å²) in [7, 11) is 1.34. The van der Waals surface area contributed by atoms with E-state index in [1.54, 1.807) is 24.3 Å². The number of hydrogen-bond acceptors (Lipinski definition) is 4. The summed E-state index contributed by atoms with van der Waals surface area (Å²) in [5, 5.41) is 6.83. The number of aromatic nitrogens is 2. The van der Waals surface area contributed by atoms with E-state index >= 15 is 0 Å². The van der Waals surface area contributed by atoms with E-state index in [9.17, 15) is 22.8 Å². The van der Waals surface area contributed by atoms with Crippen molar-refractivity contribution < 1.29 is 27.5 Å². The van der Waals surface area contributed by atoms with Gasteiger partial charge in [0.2, 0.25) is 0 Å². The highest BCUT2D eigenvalue weighted by Crippen LogP contribution is 2.31. The molecule has 1 saturated heterocycles. The average Bonchev–Trinajstić information content (AvgIpc) is 3.11. The van der Waals surface area contributed by atoms with Crippen LogP contribution in [0.4, 0.5) is 18.9 Å². The first kappa shape index (κ1) is 24.3. The first-order chi connectivity index (χ1) is 16.8. The van der Waals surface area contributed by atoms with E-state index in [1.807, 2.05) is 4.90 Å². The fourth-order valence-corrected chi connectivity index (χ4v) is 3.96. The fourth-order valence-electron chi connectivity index (χ4n) is 3.96. The van der Waals surface area contributed by atoms with Gasteiger partial charge in [0.05, 0.1) is 24.6 Å². The Kier molecular flexibility index (Phi) is 7.09. The van der Waals surface area contributed by atoms with Crippen LogP contribution in [0, 0.1) is 0 Å². The van der Waals surface area contributed by atoms with Crippen LogP contribution >= 0.6 is 0 Å². The second kappa shape index (κ2) is 10.2. The summed E-state index contributed by atoms with van der Waals surface area (Å²) in [6, 6.07) is 11.2. The minimum atomic E-state index is -4.51. The zero-order valence-electron chi connectivity index (χ0n) is 19.1. The Balaban J connectivity index is 1.49. The molecule has 0 spiro atoms.